The van der Waals surface area contributed by atoms with E-state index >= 15 is 0 Å². The summed E-state index contributed by atoms with van der Waals surface area (Å²) in [5.74, 6) is -0.720. The van der Waals surface area contributed by atoms with E-state index in [-0.39, 0.29) is 5.91 Å². The molecule has 1 amide bonds. The summed E-state index contributed by atoms with van der Waals surface area (Å²) < 4.78 is 4.87. The SMILES string of the molecule is COC(=O)[C@H](Cc1ccc(C)c(C)c1)NC(=O)c1cc(C)cc(C)c1. The quantitative estimate of drug-likeness (QED) is 0.849. The Balaban J connectivity index is 2.21. The van der Waals surface area contributed by atoms with Gasteiger partial charge in [-0.15, -0.1) is 0 Å². The molecule has 0 bridgehead atoms. The summed E-state index contributed by atoms with van der Waals surface area (Å²) in [5.41, 5.74) is 5.90. The maximum absolute atomic E-state index is 12.6. The Morgan fingerprint density at radius 1 is 0.960 bits per heavy atom. The van der Waals surface area contributed by atoms with E-state index in [1.165, 1.54) is 12.7 Å². The Hall–Kier alpha value is -2.62. The van der Waals surface area contributed by atoms with E-state index in [0.717, 1.165) is 22.3 Å². The summed E-state index contributed by atoms with van der Waals surface area (Å²) in [7, 11) is 1.33. The van der Waals surface area contributed by atoms with Crippen molar-refractivity contribution < 1.29 is 14.3 Å². The van der Waals surface area contributed by atoms with E-state index in [0.29, 0.717) is 12.0 Å². The Morgan fingerprint density at radius 2 is 1.60 bits per heavy atom. The molecule has 0 spiro atoms. The fourth-order valence-corrected chi connectivity index (χ4v) is 2.85. The van der Waals surface area contributed by atoms with Crippen molar-refractivity contribution in [1.29, 1.82) is 0 Å². The standard InChI is InChI=1S/C21H25NO3/c1-13-8-14(2)10-18(9-13)20(23)22-19(21(24)25-5)12-17-7-6-15(3)16(4)11-17/h6-11,19H,12H2,1-5H3,(H,22,23)/t19-/m0/s1. The van der Waals surface area contributed by atoms with Gasteiger partial charge in [-0.3, -0.25) is 4.79 Å². The van der Waals surface area contributed by atoms with Crippen LogP contribution >= 0.6 is 0 Å². The van der Waals surface area contributed by atoms with Gasteiger partial charge in [-0.25, -0.2) is 4.79 Å². The highest BCUT2D eigenvalue weighted by molar-refractivity contribution is 5.97. The fourth-order valence-electron chi connectivity index (χ4n) is 2.85. The predicted molar refractivity (Wildman–Crippen MR) is 98.8 cm³/mol. The van der Waals surface area contributed by atoms with Crippen molar-refractivity contribution in [2.24, 2.45) is 0 Å². The lowest BCUT2D eigenvalue weighted by Gasteiger charge is -2.17. The average Bonchev–Trinajstić information content (AvgIpc) is 2.55. The van der Waals surface area contributed by atoms with E-state index in [1.807, 2.05) is 64.1 Å². The van der Waals surface area contributed by atoms with Gasteiger partial charge in [0.2, 0.25) is 0 Å². The van der Waals surface area contributed by atoms with Crippen LogP contribution in [0.25, 0.3) is 0 Å². The Morgan fingerprint density at radius 3 is 2.16 bits per heavy atom. The first-order valence-electron chi connectivity index (χ1n) is 8.33. The molecular weight excluding hydrogens is 314 g/mol. The third-order valence-electron chi connectivity index (χ3n) is 4.29. The molecule has 0 aliphatic heterocycles. The molecule has 0 unspecified atom stereocenters. The van der Waals surface area contributed by atoms with Gasteiger partial charge >= 0.3 is 5.97 Å². The number of amides is 1. The second-order valence-corrected chi connectivity index (χ2v) is 6.55. The van der Waals surface area contributed by atoms with Crippen LogP contribution in [0.1, 0.15) is 38.2 Å². The summed E-state index contributed by atoms with van der Waals surface area (Å²) in [6.45, 7) is 7.95. The summed E-state index contributed by atoms with van der Waals surface area (Å²) in [6, 6.07) is 10.9. The largest absolute Gasteiger partial charge is 0.467 e. The molecule has 2 aromatic rings. The minimum Gasteiger partial charge on any atom is -0.467 e. The minimum atomic E-state index is -0.722. The highest BCUT2D eigenvalue weighted by Crippen LogP contribution is 2.13. The normalized spacial score (nSPS) is 11.7. The van der Waals surface area contributed by atoms with E-state index < -0.39 is 12.0 Å². The molecular formula is C21H25NO3. The van der Waals surface area contributed by atoms with E-state index in [2.05, 4.69) is 5.32 Å². The third-order valence-corrected chi connectivity index (χ3v) is 4.29. The Kier molecular flexibility index (Phi) is 5.97. The van der Waals surface area contributed by atoms with Crippen LogP contribution in [0.4, 0.5) is 0 Å². The van der Waals surface area contributed by atoms with Crippen molar-refractivity contribution in [1.82, 2.24) is 5.32 Å². The molecule has 2 aromatic carbocycles. The Bertz CT molecular complexity index is 775. The molecule has 0 fully saturated rings. The maximum Gasteiger partial charge on any atom is 0.328 e. The fraction of sp³-hybridized carbons (Fsp3) is 0.333. The van der Waals surface area contributed by atoms with Crippen LogP contribution < -0.4 is 5.32 Å². The van der Waals surface area contributed by atoms with Crippen molar-refractivity contribution in [3.8, 4) is 0 Å². The van der Waals surface area contributed by atoms with Gasteiger partial charge in [0.05, 0.1) is 7.11 Å². The van der Waals surface area contributed by atoms with Crippen molar-refractivity contribution in [3.05, 3.63) is 69.8 Å². The summed E-state index contributed by atoms with van der Waals surface area (Å²) >= 11 is 0. The lowest BCUT2D eigenvalue weighted by atomic mass is 10.0. The van der Waals surface area contributed by atoms with Gasteiger partial charge in [-0.1, -0.05) is 35.4 Å². The van der Waals surface area contributed by atoms with Gasteiger partial charge in [0.15, 0.2) is 0 Å². The zero-order chi connectivity index (χ0) is 18.6. The molecule has 1 N–H and O–H groups in total. The number of carbonyl (C=O) groups is 2. The number of ether oxygens (including phenoxy) is 1. The molecule has 1 atom stereocenters. The lowest BCUT2D eigenvalue weighted by Crippen LogP contribution is -2.43. The average molecular weight is 339 g/mol. The third kappa shape index (κ3) is 4.92. The van der Waals surface area contributed by atoms with Crippen molar-refractivity contribution >= 4 is 11.9 Å². The van der Waals surface area contributed by atoms with Gasteiger partial charge in [0, 0.05) is 12.0 Å². The number of benzene rings is 2. The number of hydrogen-bond donors (Lipinski definition) is 1. The smallest absolute Gasteiger partial charge is 0.328 e. The maximum atomic E-state index is 12.6. The molecule has 2 rings (SSSR count). The zero-order valence-corrected chi connectivity index (χ0v) is 15.5. The van der Waals surface area contributed by atoms with E-state index in [1.54, 1.807) is 0 Å². The van der Waals surface area contributed by atoms with Gasteiger partial charge < -0.3 is 10.1 Å². The van der Waals surface area contributed by atoms with Crippen molar-refractivity contribution in [2.75, 3.05) is 7.11 Å². The zero-order valence-electron chi connectivity index (χ0n) is 15.5. The molecule has 132 valence electrons. The van der Waals surface area contributed by atoms with Crippen LogP contribution in [-0.4, -0.2) is 25.0 Å². The van der Waals surface area contributed by atoms with Crippen molar-refractivity contribution in [3.63, 3.8) is 0 Å². The van der Waals surface area contributed by atoms with Crippen LogP contribution in [0.5, 0.6) is 0 Å². The topological polar surface area (TPSA) is 55.4 Å². The van der Waals surface area contributed by atoms with Gasteiger partial charge in [-0.05, 0) is 56.5 Å². The van der Waals surface area contributed by atoms with Gasteiger partial charge in [0.25, 0.3) is 5.91 Å². The molecule has 0 heterocycles. The highest BCUT2D eigenvalue weighted by Gasteiger charge is 2.23. The molecule has 25 heavy (non-hydrogen) atoms. The number of carbonyl (C=O) groups excluding carboxylic acids is 2. The number of esters is 1. The number of aryl methyl sites for hydroxylation is 4. The van der Waals surface area contributed by atoms with Gasteiger partial charge in [0.1, 0.15) is 6.04 Å². The number of methoxy groups -OCH3 is 1. The second-order valence-electron chi connectivity index (χ2n) is 6.55. The van der Waals surface area contributed by atoms with Crippen LogP contribution in [0.2, 0.25) is 0 Å². The highest BCUT2D eigenvalue weighted by atomic mass is 16.5. The molecule has 0 saturated heterocycles. The van der Waals surface area contributed by atoms with Crippen LogP contribution in [0, 0.1) is 27.7 Å². The number of nitrogens with one attached hydrogen (secondary N) is 1. The first-order chi connectivity index (χ1) is 11.8. The molecule has 0 aromatic heterocycles. The minimum absolute atomic E-state index is 0.272. The molecule has 0 aliphatic rings. The summed E-state index contributed by atoms with van der Waals surface area (Å²) in [4.78, 5) is 24.7. The monoisotopic (exact) mass is 339 g/mol. The van der Waals surface area contributed by atoms with E-state index in [4.69, 9.17) is 4.74 Å². The summed E-state index contributed by atoms with van der Waals surface area (Å²) in [6.07, 6.45) is 0.393. The predicted octanol–water partition coefficient (Wildman–Crippen LogP) is 3.43. The summed E-state index contributed by atoms with van der Waals surface area (Å²) in [5, 5.41) is 2.81. The first kappa shape index (κ1) is 18.7. The first-order valence-corrected chi connectivity index (χ1v) is 8.33. The molecule has 0 saturated carbocycles. The van der Waals surface area contributed by atoms with Crippen LogP contribution in [0.15, 0.2) is 36.4 Å². The van der Waals surface area contributed by atoms with Crippen LogP contribution in [-0.2, 0) is 16.0 Å². The number of hydrogen-bond acceptors (Lipinski definition) is 3. The molecule has 4 nitrogen and oxygen atoms in total. The molecule has 0 radical (unpaired) electrons. The molecule has 0 aliphatic carbocycles. The Labute approximate surface area is 149 Å². The van der Waals surface area contributed by atoms with Gasteiger partial charge in [-0.2, -0.15) is 0 Å². The second kappa shape index (κ2) is 7.97. The number of rotatable bonds is 5. The van der Waals surface area contributed by atoms with E-state index in [9.17, 15) is 9.59 Å². The van der Waals surface area contributed by atoms with Crippen LogP contribution in [0.3, 0.4) is 0 Å². The molecule has 4 heteroatoms. The lowest BCUT2D eigenvalue weighted by molar-refractivity contribution is -0.142. The van der Waals surface area contributed by atoms with Crippen molar-refractivity contribution in [2.45, 2.75) is 40.2 Å².